The van der Waals surface area contributed by atoms with Gasteiger partial charge in [0.2, 0.25) is 5.91 Å². The van der Waals surface area contributed by atoms with Crippen LogP contribution >= 0.6 is 11.8 Å². The first kappa shape index (κ1) is 17.8. The molecule has 1 amide bonds. The van der Waals surface area contributed by atoms with Crippen molar-refractivity contribution >= 4 is 28.6 Å². The van der Waals surface area contributed by atoms with Gasteiger partial charge < -0.3 is 14.7 Å². The molecule has 2 N–H and O–H groups in total. The first-order chi connectivity index (χ1) is 13.7. The Balaban J connectivity index is 1.18. The lowest BCUT2D eigenvalue weighted by Gasteiger charge is -2.28. The molecular formula is C21H24N4O2S. The van der Waals surface area contributed by atoms with E-state index in [9.17, 15) is 4.79 Å². The molecule has 0 saturated heterocycles. The van der Waals surface area contributed by atoms with Crippen LogP contribution in [0.3, 0.4) is 0 Å². The molecule has 0 aliphatic heterocycles. The minimum atomic E-state index is 0.0344. The molecule has 0 spiro atoms. The van der Waals surface area contributed by atoms with Crippen LogP contribution in [-0.4, -0.2) is 32.9 Å². The molecule has 2 saturated carbocycles. The van der Waals surface area contributed by atoms with Crippen LogP contribution in [0.1, 0.15) is 32.6 Å². The predicted octanol–water partition coefficient (Wildman–Crippen LogP) is 4.25. The third-order valence-electron chi connectivity index (χ3n) is 6.38. The molecule has 1 aromatic carbocycles. The minimum Gasteiger partial charge on any atom is -0.411 e. The van der Waals surface area contributed by atoms with Gasteiger partial charge >= 0.3 is 0 Å². The fraction of sp³-hybridized carbons (Fsp3) is 0.476. The van der Waals surface area contributed by atoms with Crippen LogP contribution in [0.4, 0.5) is 0 Å². The monoisotopic (exact) mass is 396 g/mol. The number of aromatic amines is 1. The van der Waals surface area contributed by atoms with Gasteiger partial charge in [-0.3, -0.25) is 4.79 Å². The van der Waals surface area contributed by atoms with Gasteiger partial charge in [-0.05, 0) is 50.0 Å². The summed E-state index contributed by atoms with van der Waals surface area (Å²) in [4.78, 5) is 15.6. The van der Waals surface area contributed by atoms with Gasteiger partial charge in [-0.25, -0.2) is 0 Å². The second-order valence-corrected chi connectivity index (χ2v) is 9.03. The number of para-hydroxylation sites is 1. The standard InChI is InChI=1S/C21H24N4O2S/c1-12(16-9-13-6-7-14(16)8-13)23-19(26)11-28-21-25-24-20(27-21)17-10-22-18-5-3-2-4-15(17)18/h2-5,10,12-14,16,22H,6-9,11H2,1H3,(H,23,26). The highest BCUT2D eigenvalue weighted by molar-refractivity contribution is 7.99. The van der Waals surface area contributed by atoms with E-state index < -0.39 is 0 Å². The number of nitrogens with zero attached hydrogens (tertiary/aromatic N) is 2. The highest BCUT2D eigenvalue weighted by atomic mass is 32.2. The number of rotatable bonds is 6. The number of carbonyl (C=O) groups excluding carboxylic acids is 1. The average molecular weight is 397 g/mol. The van der Waals surface area contributed by atoms with Gasteiger partial charge in [0, 0.05) is 23.1 Å². The van der Waals surface area contributed by atoms with Crippen LogP contribution in [0.5, 0.6) is 0 Å². The van der Waals surface area contributed by atoms with Gasteiger partial charge in [0.1, 0.15) is 0 Å². The van der Waals surface area contributed by atoms with Crippen molar-refractivity contribution in [1.82, 2.24) is 20.5 Å². The van der Waals surface area contributed by atoms with E-state index in [1.54, 1.807) is 0 Å². The molecule has 0 radical (unpaired) electrons. The Morgan fingerprint density at radius 1 is 1.32 bits per heavy atom. The number of nitrogens with one attached hydrogen (secondary N) is 2. The maximum Gasteiger partial charge on any atom is 0.277 e. The summed E-state index contributed by atoms with van der Waals surface area (Å²) in [5.74, 6) is 3.14. The zero-order valence-corrected chi connectivity index (χ0v) is 16.7. The fourth-order valence-electron chi connectivity index (χ4n) is 5.06. The molecule has 7 heteroatoms. The number of aromatic nitrogens is 3. The molecule has 2 aromatic heterocycles. The molecule has 2 fully saturated rings. The average Bonchev–Trinajstić information content (AvgIpc) is 3.49. The van der Waals surface area contributed by atoms with E-state index in [0.717, 1.165) is 28.3 Å². The van der Waals surface area contributed by atoms with Crippen molar-refractivity contribution in [3.8, 4) is 11.5 Å². The van der Waals surface area contributed by atoms with Crippen molar-refractivity contribution in [2.45, 2.75) is 43.9 Å². The highest BCUT2D eigenvalue weighted by Gasteiger charge is 2.42. The molecule has 6 nitrogen and oxygen atoms in total. The maximum absolute atomic E-state index is 12.4. The van der Waals surface area contributed by atoms with Crippen molar-refractivity contribution in [2.75, 3.05) is 5.75 Å². The summed E-state index contributed by atoms with van der Waals surface area (Å²) in [7, 11) is 0. The van der Waals surface area contributed by atoms with Crippen LogP contribution in [0.15, 0.2) is 40.1 Å². The second kappa shape index (κ2) is 7.28. The van der Waals surface area contributed by atoms with Crippen LogP contribution in [0.25, 0.3) is 22.4 Å². The number of H-pyrrole nitrogens is 1. The molecule has 5 rings (SSSR count). The summed E-state index contributed by atoms with van der Waals surface area (Å²) in [6.07, 6.45) is 7.22. The lowest BCUT2D eigenvalue weighted by Crippen LogP contribution is -2.40. The Kier molecular flexibility index (Phi) is 4.62. The van der Waals surface area contributed by atoms with Crippen molar-refractivity contribution in [3.05, 3.63) is 30.5 Å². The largest absolute Gasteiger partial charge is 0.411 e. The maximum atomic E-state index is 12.4. The molecule has 3 aromatic rings. The normalized spacial score (nSPS) is 24.7. The smallest absolute Gasteiger partial charge is 0.277 e. The Morgan fingerprint density at radius 2 is 2.21 bits per heavy atom. The predicted molar refractivity (Wildman–Crippen MR) is 109 cm³/mol. The summed E-state index contributed by atoms with van der Waals surface area (Å²) < 4.78 is 5.77. The summed E-state index contributed by atoms with van der Waals surface area (Å²) in [5.41, 5.74) is 1.91. The third kappa shape index (κ3) is 3.32. The number of benzene rings is 1. The van der Waals surface area contributed by atoms with Crippen molar-refractivity contribution in [1.29, 1.82) is 0 Å². The molecule has 2 bridgehead atoms. The van der Waals surface area contributed by atoms with Crippen molar-refractivity contribution in [3.63, 3.8) is 0 Å². The SMILES string of the molecule is CC(NC(=O)CSc1nnc(-c2c[nH]c3ccccc23)o1)C1CC2CCC1C2. The quantitative estimate of drug-likeness (QED) is 0.609. The summed E-state index contributed by atoms with van der Waals surface area (Å²) in [6, 6.07) is 8.23. The summed E-state index contributed by atoms with van der Waals surface area (Å²) in [6.45, 7) is 2.15. The molecule has 4 atom stereocenters. The van der Waals surface area contributed by atoms with Crippen LogP contribution < -0.4 is 5.32 Å². The molecule has 28 heavy (non-hydrogen) atoms. The van der Waals surface area contributed by atoms with Crippen LogP contribution in [0.2, 0.25) is 0 Å². The molecular weight excluding hydrogens is 372 g/mol. The fourth-order valence-corrected chi connectivity index (χ4v) is 5.64. The van der Waals surface area contributed by atoms with E-state index >= 15 is 0 Å². The van der Waals surface area contributed by atoms with E-state index in [2.05, 4.69) is 27.4 Å². The number of fused-ring (bicyclic) bond motifs is 3. The second-order valence-electron chi connectivity index (χ2n) is 8.10. The summed E-state index contributed by atoms with van der Waals surface area (Å²) in [5, 5.41) is 12.9. The van der Waals surface area contributed by atoms with Crippen molar-refractivity contribution in [2.24, 2.45) is 17.8 Å². The number of hydrogen-bond acceptors (Lipinski definition) is 5. The Bertz CT molecular complexity index is 997. The Labute approximate surface area is 167 Å². The van der Waals surface area contributed by atoms with Crippen molar-refractivity contribution < 1.29 is 9.21 Å². The van der Waals surface area contributed by atoms with Gasteiger partial charge in [-0.2, -0.15) is 0 Å². The molecule has 2 heterocycles. The lowest BCUT2D eigenvalue weighted by atomic mass is 9.84. The van der Waals surface area contributed by atoms with Crippen LogP contribution in [-0.2, 0) is 4.79 Å². The van der Waals surface area contributed by atoms with Gasteiger partial charge in [0.15, 0.2) is 0 Å². The van der Waals surface area contributed by atoms with E-state index in [1.807, 2.05) is 30.5 Å². The van der Waals surface area contributed by atoms with E-state index in [-0.39, 0.29) is 11.9 Å². The molecule has 2 aliphatic rings. The zero-order valence-electron chi connectivity index (χ0n) is 15.9. The van der Waals surface area contributed by atoms with E-state index in [4.69, 9.17) is 4.42 Å². The number of carbonyl (C=O) groups is 1. The highest BCUT2D eigenvalue weighted by Crippen LogP contribution is 2.49. The third-order valence-corrected chi connectivity index (χ3v) is 7.19. The summed E-state index contributed by atoms with van der Waals surface area (Å²) >= 11 is 1.29. The van der Waals surface area contributed by atoms with Gasteiger partial charge in [-0.1, -0.05) is 36.4 Å². The number of hydrogen-bond donors (Lipinski definition) is 2. The minimum absolute atomic E-state index is 0.0344. The Morgan fingerprint density at radius 3 is 3.04 bits per heavy atom. The van der Waals surface area contributed by atoms with E-state index in [1.165, 1.54) is 37.4 Å². The topological polar surface area (TPSA) is 83.8 Å². The zero-order chi connectivity index (χ0) is 19.1. The first-order valence-electron chi connectivity index (χ1n) is 9.99. The molecule has 2 aliphatic carbocycles. The van der Waals surface area contributed by atoms with Gasteiger partial charge in [0.05, 0.1) is 11.3 Å². The van der Waals surface area contributed by atoms with Crippen LogP contribution in [0, 0.1) is 17.8 Å². The first-order valence-corrected chi connectivity index (χ1v) is 11.0. The Hall–Kier alpha value is -2.28. The van der Waals surface area contributed by atoms with Gasteiger partial charge in [0.25, 0.3) is 11.1 Å². The van der Waals surface area contributed by atoms with Gasteiger partial charge in [-0.15, -0.1) is 10.2 Å². The van der Waals surface area contributed by atoms with E-state index in [0.29, 0.717) is 22.8 Å². The molecule has 146 valence electrons. The number of amides is 1. The number of thioether (sulfide) groups is 1. The molecule has 4 unspecified atom stereocenters. The lowest BCUT2D eigenvalue weighted by molar-refractivity contribution is -0.119.